The van der Waals surface area contributed by atoms with Gasteiger partial charge in [0.15, 0.2) is 0 Å². The lowest BCUT2D eigenvalue weighted by Gasteiger charge is -2.07. The Bertz CT molecular complexity index is 329. The Kier molecular flexibility index (Phi) is 4.15. The first-order valence-electron chi connectivity index (χ1n) is 6.40. The lowest BCUT2D eigenvalue weighted by atomic mass is 9.98. The molecule has 0 bridgehead atoms. The molecule has 1 unspecified atom stereocenters. The van der Waals surface area contributed by atoms with Gasteiger partial charge in [0, 0.05) is 12.8 Å². The van der Waals surface area contributed by atoms with Crippen LogP contribution < -0.4 is 0 Å². The van der Waals surface area contributed by atoms with Crippen LogP contribution in [0.1, 0.15) is 44.1 Å². The molecule has 1 atom stereocenters. The van der Waals surface area contributed by atoms with Crippen molar-refractivity contribution in [3.05, 3.63) is 35.9 Å². The number of aryl methyl sites for hydroxylation is 1. The first-order valence-corrected chi connectivity index (χ1v) is 6.40. The summed E-state index contributed by atoms with van der Waals surface area (Å²) in [6.45, 7) is 0. The molecule has 1 aromatic rings. The molecule has 0 spiro atoms. The molecule has 1 fully saturated rings. The van der Waals surface area contributed by atoms with E-state index in [2.05, 4.69) is 30.3 Å². The number of hydrogen-bond acceptors (Lipinski definition) is 1. The third kappa shape index (κ3) is 3.48. The molecule has 1 aromatic carbocycles. The van der Waals surface area contributed by atoms with Crippen molar-refractivity contribution in [3.63, 3.8) is 0 Å². The smallest absolute Gasteiger partial charge is 0.133 e. The average molecular weight is 216 g/mol. The van der Waals surface area contributed by atoms with Crippen molar-refractivity contribution >= 4 is 5.78 Å². The van der Waals surface area contributed by atoms with Gasteiger partial charge in [0.1, 0.15) is 5.78 Å². The lowest BCUT2D eigenvalue weighted by Crippen LogP contribution is -1.96. The van der Waals surface area contributed by atoms with Gasteiger partial charge in [-0.2, -0.15) is 0 Å². The molecule has 0 radical (unpaired) electrons. The number of benzene rings is 1. The Morgan fingerprint density at radius 1 is 1.12 bits per heavy atom. The summed E-state index contributed by atoms with van der Waals surface area (Å²) in [7, 11) is 0. The quantitative estimate of drug-likeness (QED) is 0.685. The summed E-state index contributed by atoms with van der Waals surface area (Å²) in [6.07, 6.45) is 7.79. The summed E-state index contributed by atoms with van der Waals surface area (Å²) < 4.78 is 0. The highest BCUT2D eigenvalue weighted by Gasteiger charge is 2.20. The molecule has 1 nitrogen and oxygen atoms in total. The summed E-state index contributed by atoms with van der Waals surface area (Å²) in [5, 5.41) is 0. The maximum absolute atomic E-state index is 11.1. The van der Waals surface area contributed by atoms with Gasteiger partial charge in [0.2, 0.25) is 0 Å². The van der Waals surface area contributed by atoms with Gasteiger partial charge in [-0.3, -0.25) is 4.79 Å². The zero-order chi connectivity index (χ0) is 11.2. The Morgan fingerprint density at radius 2 is 1.94 bits per heavy atom. The summed E-state index contributed by atoms with van der Waals surface area (Å²) >= 11 is 0. The summed E-state index contributed by atoms with van der Waals surface area (Å²) in [4.78, 5) is 11.1. The molecule has 0 saturated heterocycles. The third-order valence-electron chi connectivity index (χ3n) is 3.52. The topological polar surface area (TPSA) is 17.1 Å². The van der Waals surface area contributed by atoms with Crippen LogP contribution in [0.3, 0.4) is 0 Å². The fraction of sp³-hybridized carbons (Fsp3) is 0.533. The number of ketones is 1. The fourth-order valence-corrected chi connectivity index (χ4v) is 2.54. The number of hydrogen-bond donors (Lipinski definition) is 0. The second kappa shape index (κ2) is 5.83. The van der Waals surface area contributed by atoms with Crippen LogP contribution in [0.2, 0.25) is 0 Å². The number of carbonyl (C=O) groups excluding carboxylic acids is 1. The van der Waals surface area contributed by atoms with Crippen molar-refractivity contribution in [2.45, 2.75) is 44.9 Å². The standard InChI is InChI=1S/C15H20O/c16-15-11-10-14(12-15)9-5-4-8-13-6-2-1-3-7-13/h1-3,6-7,14H,4-5,8-12H2. The SMILES string of the molecule is O=C1CCC(CCCCc2ccccc2)C1. The Morgan fingerprint density at radius 3 is 2.62 bits per heavy atom. The maximum Gasteiger partial charge on any atom is 0.133 e. The minimum Gasteiger partial charge on any atom is -0.300 e. The Balaban J connectivity index is 1.60. The molecule has 16 heavy (non-hydrogen) atoms. The predicted octanol–water partition coefficient (Wildman–Crippen LogP) is 3.77. The second-order valence-corrected chi connectivity index (χ2v) is 4.88. The van der Waals surface area contributed by atoms with E-state index in [0.717, 1.165) is 19.3 Å². The molecule has 0 N–H and O–H groups in total. The van der Waals surface area contributed by atoms with Crippen LogP contribution in [0.4, 0.5) is 0 Å². The molecule has 86 valence electrons. The van der Waals surface area contributed by atoms with Crippen LogP contribution >= 0.6 is 0 Å². The zero-order valence-corrected chi connectivity index (χ0v) is 9.82. The van der Waals surface area contributed by atoms with Gasteiger partial charge < -0.3 is 0 Å². The fourth-order valence-electron chi connectivity index (χ4n) is 2.54. The molecule has 1 saturated carbocycles. The number of unbranched alkanes of at least 4 members (excludes halogenated alkanes) is 1. The van der Waals surface area contributed by atoms with Crippen molar-refractivity contribution in [2.24, 2.45) is 5.92 Å². The van der Waals surface area contributed by atoms with Crippen molar-refractivity contribution in [1.29, 1.82) is 0 Å². The van der Waals surface area contributed by atoms with Crippen LogP contribution in [0.25, 0.3) is 0 Å². The zero-order valence-electron chi connectivity index (χ0n) is 9.82. The number of Topliss-reactive ketones (excluding diaryl/α,β-unsaturated/α-hetero) is 1. The van der Waals surface area contributed by atoms with E-state index in [1.165, 1.54) is 31.2 Å². The van der Waals surface area contributed by atoms with E-state index in [1.54, 1.807) is 0 Å². The lowest BCUT2D eigenvalue weighted by molar-refractivity contribution is -0.117. The monoisotopic (exact) mass is 216 g/mol. The van der Waals surface area contributed by atoms with Gasteiger partial charge in [-0.1, -0.05) is 36.8 Å². The molecule has 1 aliphatic carbocycles. The predicted molar refractivity (Wildman–Crippen MR) is 66.3 cm³/mol. The third-order valence-corrected chi connectivity index (χ3v) is 3.52. The maximum atomic E-state index is 11.1. The molecular formula is C15H20O. The van der Waals surface area contributed by atoms with Crippen LogP contribution in [0.5, 0.6) is 0 Å². The van der Waals surface area contributed by atoms with Gasteiger partial charge in [0.05, 0.1) is 0 Å². The number of rotatable bonds is 5. The minimum absolute atomic E-state index is 0.480. The van der Waals surface area contributed by atoms with Gasteiger partial charge in [0.25, 0.3) is 0 Å². The van der Waals surface area contributed by atoms with Crippen molar-refractivity contribution in [2.75, 3.05) is 0 Å². The van der Waals surface area contributed by atoms with Crippen LogP contribution in [0.15, 0.2) is 30.3 Å². The average Bonchev–Trinajstić information content (AvgIpc) is 2.72. The molecule has 1 aliphatic rings. The Labute approximate surface area is 97.9 Å². The molecule has 0 aliphatic heterocycles. The van der Waals surface area contributed by atoms with Gasteiger partial charge in [-0.05, 0) is 37.2 Å². The first kappa shape index (κ1) is 11.4. The van der Waals surface area contributed by atoms with E-state index in [0.29, 0.717) is 11.7 Å². The number of carbonyl (C=O) groups is 1. The molecule has 1 heteroatoms. The Hall–Kier alpha value is -1.11. The van der Waals surface area contributed by atoms with E-state index in [9.17, 15) is 4.79 Å². The van der Waals surface area contributed by atoms with Crippen LogP contribution in [0, 0.1) is 5.92 Å². The van der Waals surface area contributed by atoms with Crippen LogP contribution in [-0.2, 0) is 11.2 Å². The van der Waals surface area contributed by atoms with Gasteiger partial charge in [-0.25, -0.2) is 0 Å². The molecule has 0 amide bonds. The summed E-state index contributed by atoms with van der Waals surface area (Å²) in [6, 6.07) is 10.7. The van der Waals surface area contributed by atoms with E-state index in [1.807, 2.05) is 0 Å². The normalized spacial score (nSPS) is 20.2. The van der Waals surface area contributed by atoms with E-state index >= 15 is 0 Å². The van der Waals surface area contributed by atoms with E-state index in [4.69, 9.17) is 0 Å². The van der Waals surface area contributed by atoms with Crippen molar-refractivity contribution in [3.8, 4) is 0 Å². The van der Waals surface area contributed by atoms with Crippen molar-refractivity contribution < 1.29 is 4.79 Å². The first-order chi connectivity index (χ1) is 7.84. The van der Waals surface area contributed by atoms with Crippen LogP contribution in [-0.4, -0.2) is 5.78 Å². The molecule has 2 rings (SSSR count). The van der Waals surface area contributed by atoms with Gasteiger partial charge >= 0.3 is 0 Å². The highest BCUT2D eigenvalue weighted by atomic mass is 16.1. The second-order valence-electron chi connectivity index (χ2n) is 4.88. The van der Waals surface area contributed by atoms with Gasteiger partial charge in [-0.15, -0.1) is 0 Å². The highest BCUT2D eigenvalue weighted by Crippen LogP contribution is 2.26. The minimum atomic E-state index is 0.480. The molecule has 0 heterocycles. The highest BCUT2D eigenvalue weighted by molar-refractivity contribution is 5.80. The summed E-state index contributed by atoms with van der Waals surface area (Å²) in [5.74, 6) is 1.18. The van der Waals surface area contributed by atoms with E-state index in [-0.39, 0.29) is 0 Å². The summed E-state index contributed by atoms with van der Waals surface area (Å²) in [5.41, 5.74) is 1.44. The van der Waals surface area contributed by atoms with Crippen molar-refractivity contribution in [1.82, 2.24) is 0 Å². The van der Waals surface area contributed by atoms with E-state index < -0.39 is 0 Å². The molecular weight excluding hydrogens is 196 g/mol. The molecule has 0 aromatic heterocycles. The largest absolute Gasteiger partial charge is 0.300 e.